The van der Waals surface area contributed by atoms with Crippen molar-refractivity contribution in [2.45, 2.75) is 38.6 Å². The maximum atomic E-state index is 11.9. The minimum Gasteiger partial charge on any atom is -0.352 e. The van der Waals surface area contributed by atoms with E-state index in [2.05, 4.69) is 10.6 Å². The first-order valence-electron chi connectivity index (χ1n) is 8.59. The van der Waals surface area contributed by atoms with E-state index in [1.54, 1.807) is 0 Å². The zero-order valence-corrected chi connectivity index (χ0v) is 14.7. The molecule has 6 heteroatoms. The van der Waals surface area contributed by atoms with Gasteiger partial charge in [-0.2, -0.15) is 0 Å². The van der Waals surface area contributed by atoms with Crippen molar-refractivity contribution >= 4 is 29.9 Å². The molecule has 0 aromatic heterocycles. The van der Waals surface area contributed by atoms with E-state index in [4.69, 9.17) is 0 Å². The van der Waals surface area contributed by atoms with Gasteiger partial charge in [0.25, 0.3) is 0 Å². The second-order valence-corrected chi connectivity index (χ2v) is 6.49. The zero-order valence-electron chi connectivity index (χ0n) is 13.9. The molecule has 1 atom stereocenters. The summed E-state index contributed by atoms with van der Waals surface area (Å²) in [5, 5.41) is 6.31. The highest BCUT2D eigenvalue weighted by atomic mass is 35.5. The van der Waals surface area contributed by atoms with E-state index in [1.807, 2.05) is 29.2 Å². The van der Waals surface area contributed by atoms with E-state index >= 15 is 0 Å². The lowest BCUT2D eigenvalue weighted by Crippen LogP contribution is -2.24. The van der Waals surface area contributed by atoms with Crippen LogP contribution in [0.15, 0.2) is 24.3 Å². The Morgan fingerprint density at radius 2 is 2.08 bits per heavy atom. The number of benzene rings is 1. The molecule has 24 heavy (non-hydrogen) atoms. The highest BCUT2D eigenvalue weighted by molar-refractivity contribution is 5.95. The Bertz CT molecular complexity index is 556. The van der Waals surface area contributed by atoms with Gasteiger partial charge in [0.1, 0.15) is 0 Å². The van der Waals surface area contributed by atoms with Crippen LogP contribution in [-0.4, -0.2) is 31.4 Å². The van der Waals surface area contributed by atoms with E-state index < -0.39 is 0 Å². The maximum Gasteiger partial charge on any atom is 0.227 e. The number of nitrogens with zero attached hydrogens (tertiary/aromatic N) is 1. The van der Waals surface area contributed by atoms with Gasteiger partial charge in [-0.25, -0.2) is 0 Å². The first-order chi connectivity index (χ1) is 11.2. The average molecular weight is 352 g/mol. The Balaban J connectivity index is 0.00000208. The van der Waals surface area contributed by atoms with Crippen LogP contribution < -0.4 is 15.5 Å². The van der Waals surface area contributed by atoms with E-state index in [0.717, 1.165) is 43.7 Å². The van der Waals surface area contributed by atoms with Crippen LogP contribution in [0.5, 0.6) is 0 Å². The number of amides is 2. The second-order valence-electron chi connectivity index (χ2n) is 6.49. The quantitative estimate of drug-likeness (QED) is 0.826. The van der Waals surface area contributed by atoms with E-state index in [9.17, 15) is 9.59 Å². The van der Waals surface area contributed by atoms with Crippen molar-refractivity contribution in [1.29, 1.82) is 0 Å². The number of hydrogen-bond acceptors (Lipinski definition) is 3. The van der Waals surface area contributed by atoms with E-state index in [0.29, 0.717) is 25.3 Å². The van der Waals surface area contributed by atoms with E-state index in [-0.39, 0.29) is 24.2 Å². The second kappa shape index (κ2) is 9.04. The van der Waals surface area contributed by atoms with Crippen LogP contribution in [0.2, 0.25) is 0 Å². The summed E-state index contributed by atoms with van der Waals surface area (Å²) >= 11 is 0. The van der Waals surface area contributed by atoms with Crippen molar-refractivity contribution in [3.05, 3.63) is 29.8 Å². The molecule has 1 aromatic rings. The predicted octanol–water partition coefficient (Wildman–Crippen LogP) is 2.24. The van der Waals surface area contributed by atoms with Crippen molar-refractivity contribution in [1.82, 2.24) is 10.6 Å². The molecule has 132 valence electrons. The third-order valence-electron chi connectivity index (χ3n) is 4.75. The lowest BCUT2D eigenvalue weighted by atomic mass is 10.0. The molecule has 0 bridgehead atoms. The minimum absolute atomic E-state index is 0. The van der Waals surface area contributed by atoms with Crippen LogP contribution in [0.3, 0.4) is 0 Å². The Morgan fingerprint density at radius 1 is 1.29 bits per heavy atom. The molecule has 2 N–H and O–H groups in total. The molecule has 0 saturated carbocycles. The van der Waals surface area contributed by atoms with Gasteiger partial charge < -0.3 is 15.5 Å². The van der Waals surface area contributed by atoms with Gasteiger partial charge in [-0.1, -0.05) is 12.1 Å². The molecule has 2 heterocycles. The fourth-order valence-electron chi connectivity index (χ4n) is 3.30. The van der Waals surface area contributed by atoms with Crippen LogP contribution in [0.1, 0.15) is 37.7 Å². The number of halogens is 1. The topological polar surface area (TPSA) is 61.4 Å². The molecule has 2 aliphatic rings. The highest BCUT2D eigenvalue weighted by Crippen LogP contribution is 2.21. The number of carbonyl (C=O) groups excluding carboxylic acids is 2. The first kappa shape index (κ1) is 18.7. The van der Waals surface area contributed by atoms with E-state index in [1.165, 1.54) is 6.42 Å². The monoisotopic (exact) mass is 351 g/mol. The fourth-order valence-corrected chi connectivity index (χ4v) is 3.30. The third-order valence-corrected chi connectivity index (χ3v) is 4.75. The summed E-state index contributed by atoms with van der Waals surface area (Å²) in [7, 11) is 0. The number of hydrogen-bond donors (Lipinski definition) is 2. The molecular formula is C18H26ClN3O2. The molecular weight excluding hydrogens is 326 g/mol. The standard InChI is InChI=1S/C18H25N3O2.ClH/c22-17(8-5-15-9-10-19-12-15)20-13-14-3-6-16(7-4-14)21-11-1-2-18(21)23;/h3-4,6-7,15,19H,1-2,5,8-13H2,(H,20,22);1H. The molecule has 3 rings (SSSR count). The van der Waals surface area contributed by atoms with Gasteiger partial charge >= 0.3 is 0 Å². The third kappa shape index (κ3) is 4.95. The molecule has 2 fully saturated rings. The summed E-state index contributed by atoms with van der Waals surface area (Å²) in [5.74, 6) is 0.973. The summed E-state index contributed by atoms with van der Waals surface area (Å²) in [5.41, 5.74) is 2.02. The lowest BCUT2D eigenvalue weighted by Gasteiger charge is -2.16. The van der Waals surface area contributed by atoms with Crippen LogP contribution in [0, 0.1) is 5.92 Å². The van der Waals surface area contributed by atoms with Gasteiger partial charge in [0.2, 0.25) is 11.8 Å². The molecule has 2 amide bonds. The van der Waals surface area contributed by atoms with Gasteiger partial charge in [0.05, 0.1) is 0 Å². The normalized spacial score (nSPS) is 20.1. The molecule has 1 aromatic carbocycles. The molecule has 0 spiro atoms. The zero-order chi connectivity index (χ0) is 16.1. The summed E-state index contributed by atoms with van der Waals surface area (Å²) < 4.78 is 0. The number of anilines is 1. The van der Waals surface area contributed by atoms with Crippen LogP contribution in [0.25, 0.3) is 0 Å². The minimum atomic E-state index is 0. The van der Waals surface area contributed by atoms with Crippen LogP contribution in [0.4, 0.5) is 5.69 Å². The summed E-state index contributed by atoms with van der Waals surface area (Å²) in [6.45, 7) is 3.49. The Morgan fingerprint density at radius 3 is 2.71 bits per heavy atom. The van der Waals surface area contributed by atoms with Gasteiger partial charge in [0.15, 0.2) is 0 Å². The smallest absolute Gasteiger partial charge is 0.227 e. The van der Waals surface area contributed by atoms with Crippen molar-refractivity contribution in [2.75, 3.05) is 24.5 Å². The van der Waals surface area contributed by atoms with Crippen molar-refractivity contribution in [2.24, 2.45) is 5.92 Å². The molecule has 0 aliphatic carbocycles. The Labute approximate surface area is 149 Å². The number of nitrogens with one attached hydrogen (secondary N) is 2. The summed E-state index contributed by atoms with van der Waals surface area (Å²) in [6.07, 6.45) is 4.34. The van der Waals surface area contributed by atoms with Gasteiger partial charge in [0, 0.05) is 31.6 Å². The maximum absolute atomic E-state index is 11.9. The Kier molecular flexibility index (Phi) is 7.06. The lowest BCUT2D eigenvalue weighted by molar-refractivity contribution is -0.121. The van der Waals surface area contributed by atoms with Crippen LogP contribution >= 0.6 is 12.4 Å². The van der Waals surface area contributed by atoms with Crippen molar-refractivity contribution in [3.8, 4) is 0 Å². The largest absolute Gasteiger partial charge is 0.352 e. The molecule has 2 aliphatic heterocycles. The first-order valence-corrected chi connectivity index (χ1v) is 8.59. The molecule has 2 saturated heterocycles. The number of carbonyl (C=O) groups is 2. The highest BCUT2D eigenvalue weighted by Gasteiger charge is 2.21. The van der Waals surface area contributed by atoms with Crippen molar-refractivity contribution < 1.29 is 9.59 Å². The Hall–Kier alpha value is -1.59. The average Bonchev–Trinajstić information content (AvgIpc) is 3.23. The predicted molar refractivity (Wildman–Crippen MR) is 97.3 cm³/mol. The summed E-state index contributed by atoms with van der Waals surface area (Å²) in [6, 6.07) is 7.91. The van der Waals surface area contributed by atoms with Gasteiger partial charge in [-0.05, 0) is 56.0 Å². The summed E-state index contributed by atoms with van der Waals surface area (Å²) in [4.78, 5) is 25.5. The molecule has 5 nitrogen and oxygen atoms in total. The van der Waals surface area contributed by atoms with Gasteiger partial charge in [-0.3, -0.25) is 9.59 Å². The fraction of sp³-hybridized carbons (Fsp3) is 0.556. The molecule has 0 radical (unpaired) electrons. The molecule has 1 unspecified atom stereocenters. The number of rotatable bonds is 6. The SMILES string of the molecule is Cl.O=C(CCC1CCNC1)NCc1ccc(N2CCCC2=O)cc1. The van der Waals surface area contributed by atoms with Gasteiger partial charge in [-0.15, -0.1) is 12.4 Å². The van der Waals surface area contributed by atoms with Crippen molar-refractivity contribution in [3.63, 3.8) is 0 Å². The van der Waals surface area contributed by atoms with Crippen LogP contribution in [-0.2, 0) is 16.1 Å².